The fraction of sp³-hybridized carbons (Fsp3) is 0.600. The molecule has 1 aliphatic rings. The van der Waals surface area contributed by atoms with E-state index in [1.807, 2.05) is 25.1 Å². The van der Waals surface area contributed by atoms with Gasteiger partial charge in [-0.05, 0) is 55.4 Å². The molecule has 18 heavy (non-hydrogen) atoms. The van der Waals surface area contributed by atoms with E-state index in [1.165, 1.54) is 0 Å². The molecular weight excluding hydrogens is 228 g/mol. The molecule has 1 N–H and O–H groups in total. The molecule has 0 aliphatic carbocycles. The number of methoxy groups -OCH3 is 1. The van der Waals surface area contributed by atoms with Crippen LogP contribution in [0.25, 0.3) is 0 Å². The predicted molar refractivity (Wildman–Crippen MR) is 70.9 cm³/mol. The van der Waals surface area contributed by atoms with Gasteiger partial charge in [0.1, 0.15) is 5.75 Å². The van der Waals surface area contributed by atoms with Gasteiger partial charge in [0.25, 0.3) is 0 Å². The molecule has 1 heterocycles. The Morgan fingerprint density at radius 3 is 2.72 bits per heavy atom. The van der Waals surface area contributed by atoms with Gasteiger partial charge in [-0.1, -0.05) is 6.07 Å². The summed E-state index contributed by atoms with van der Waals surface area (Å²) in [4.78, 5) is 0. The molecule has 3 heteroatoms. The largest absolute Gasteiger partial charge is 0.496 e. The third kappa shape index (κ3) is 3.24. The summed E-state index contributed by atoms with van der Waals surface area (Å²) in [5, 5.41) is 10.3. The number of aliphatic hydroxyl groups excluding tert-OH is 1. The van der Waals surface area contributed by atoms with Gasteiger partial charge in [-0.3, -0.25) is 0 Å². The quantitative estimate of drug-likeness (QED) is 0.893. The first-order valence-corrected chi connectivity index (χ1v) is 6.61. The minimum Gasteiger partial charge on any atom is -0.496 e. The molecule has 1 unspecified atom stereocenters. The Kier molecular flexibility index (Phi) is 4.61. The Hall–Kier alpha value is -1.06. The Balaban J connectivity index is 1.99. The highest BCUT2D eigenvalue weighted by Gasteiger charge is 2.19. The van der Waals surface area contributed by atoms with Crippen LogP contribution >= 0.6 is 0 Å². The van der Waals surface area contributed by atoms with Gasteiger partial charge in [0.05, 0.1) is 13.2 Å². The van der Waals surface area contributed by atoms with E-state index in [9.17, 15) is 5.11 Å². The van der Waals surface area contributed by atoms with E-state index in [4.69, 9.17) is 9.47 Å². The van der Waals surface area contributed by atoms with Crippen molar-refractivity contribution in [2.24, 2.45) is 5.92 Å². The summed E-state index contributed by atoms with van der Waals surface area (Å²) in [6.07, 6.45) is 2.57. The smallest absolute Gasteiger partial charge is 0.121 e. The van der Waals surface area contributed by atoms with Gasteiger partial charge in [0, 0.05) is 13.2 Å². The second kappa shape index (κ2) is 6.21. The van der Waals surface area contributed by atoms with E-state index in [2.05, 4.69) is 0 Å². The number of benzene rings is 1. The van der Waals surface area contributed by atoms with Crippen LogP contribution in [0.15, 0.2) is 18.2 Å². The van der Waals surface area contributed by atoms with Crippen LogP contribution in [-0.4, -0.2) is 25.4 Å². The molecule has 1 fully saturated rings. The lowest BCUT2D eigenvalue weighted by molar-refractivity contribution is 0.0435. The van der Waals surface area contributed by atoms with Crippen LogP contribution < -0.4 is 4.74 Å². The lowest BCUT2D eigenvalue weighted by atomic mass is 9.90. The average molecular weight is 250 g/mol. The van der Waals surface area contributed by atoms with Crippen molar-refractivity contribution < 1.29 is 14.6 Å². The van der Waals surface area contributed by atoms with Crippen molar-refractivity contribution in [1.29, 1.82) is 0 Å². The molecule has 1 aliphatic heterocycles. The van der Waals surface area contributed by atoms with Crippen LogP contribution in [0, 0.1) is 12.8 Å². The highest BCUT2D eigenvalue weighted by molar-refractivity contribution is 5.36. The van der Waals surface area contributed by atoms with E-state index in [0.29, 0.717) is 5.92 Å². The van der Waals surface area contributed by atoms with Gasteiger partial charge in [0.15, 0.2) is 0 Å². The van der Waals surface area contributed by atoms with E-state index in [0.717, 1.165) is 49.4 Å². The minimum atomic E-state index is -0.377. The first-order valence-electron chi connectivity index (χ1n) is 6.61. The zero-order chi connectivity index (χ0) is 13.0. The van der Waals surface area contributed by atoms with Crippen LogP contribution in [0.3, 0.4) is 0 Å². The monoisotopic (exact) mass is 250 g/mol. The van der Waals surface area contributed by atoms with Crippen LogP contribution in [0.4, 0.5) is 0 Å². The van der Waals surface area contributed by atoms with Gasteiger partial charge in [-0.25, -0.2) is 0 Å². The maximum absolute atomic E-state index is 10.3. The van der Waals surface area contributed by atoms with Crippen LogP contribution in [-0.2, 0) is 4.74 Å². The van der Waals surface area contributed by atoms with Gasteiger partial charge in [0.2, 0.25) is 0 Å². The summed E-state index contributed by atoms with van der Waals surface area (Å²) in [6, 6.07) is 5.90. The maximum atomic E-state index is 10.3. The summed E-state index contributed by atoms with van der Waals surface area (Å²) in [7, 11) is 1.67. The zero-order valence-corrected chi connectivity index (χ0v) is 11.2. The highest BCUT2D eigenvalue weighted by atomic mass is 16.5. The standard InChI is InChI=1S/C15H22O3/c1-11-9-13(3-4-15(11)17-2)14(16)10-12-5-7-18-8-6-12/h3-4,9,12,14,16H,5-8,10H2,1-2H3. The molecule has 0 bridgehead atoms. The fourth-order valence-corrected chi connectivity index (χ4v) is 2.54. The first kappa shape index (κ1) is 13.4. The van der Waals surface area contributed by atoms with E-state index < -0.39 is 0 Å². The van der Waals surface area contributed by atoms with Crippen molar-refractivity contribution in [3.63, 3.8) is 0 Å². The number of aliphatic hydroxyl groups is 1. The number of hydrogen-bond acceptors (Lipinski definition) is 3. The zero-order valence-electron chi connectivity index (χ0n) is 11.2. The summed E-state index contributed by atoms with van der Waals surface area (Å²) in [6.45, 7) is 3.67. The molecule has 1 aromatic rings. The number of hydrogen-bond donors (Lipinski definition) is 1. The normalized spacial score (nSPS) is 18.6. The van der Waals surface area contributed by atoms with E-state index in [1.54, 1.807) is 7.11 Å². The second-order valence-corrected chi connectivity index (χ2v) is 5.04. The van der Waals surface area contributed by atoms with E-state index in [-0.39, 0.29) is 6.10 Å². The average Bonchev–Trinajstić information content (AvgIpc) is 2.39. The van der Waals surface area contributed by atoms with Crippen LogP contribution in [0.5, 0.6) is 5.75 Å². The molecule has 0 aromatic heterocycles. The molecule has 1 saturated heterocycles. The number of rotatable bonds is 4. The Morgan fingerprint density at radius 1 is 1.39 bits per heavy atom. The molecule has 0 spiro atoms. The SMILES string of the molecule is COc1ccc(C(O)CC2CCOCC2)cc1C. The summed E-state index contributed by atoms with van der Waals surface area (Å²) in [5.74, 6) is 1.45. The van der Waals surface area contributed by atoms with Gasteiger partial charge in [-0.15, -0.1) is 0 Å². The Labute approximate surface area is 109 Å². The van der Waals surface area contributed by atoms with E-state index >= 15 is 0 Å². The van der Waals surface area contributed by atoms with Crippen molar-refractivity contribution in [2.45, 2.75) is 32.3 Å². The van der Waals surface area contributed by atoms with Crippen LogP contribution in [0.2, 0.25) is 0 Å². The lowest BCUT2D eigenvalue weighted by Crippen LogP contribution is -2.18. The summed E-state index contributed by atoms with van der Waals surface area (Å²) < 4.78 is 10.6. The molecule has 0 amide bonds. The van der Waals surface area contributed by atoms with Crippen molar-refractivity contribution in [3.8, 4) is 5.75 Å². The van der Waals surface area contributed by atoms with Gasteiger partial charge < -0.3 is 14.6 Å². The summed E-state index contributed by atoms with van der Waals surface area (Å²) >= 11 is 0. The highest BCUT2D eigenvalue weighted by Crippen LogP contribution is 2.29. The van der Waals surface area contributed by atoms with Gasteiger partial charge >= 0.3 is 0 Å². The third-order valence-electron chi connectivity index (χ3n) is 3.70. The predicted octanol–water partition coefficient (Wildman–Crippen LogP) is 2.85. The van der Waals surface area contributed by atoms with Crippen molar-refractivity contribution in [1.82, 2.24) is 0 Å². The van der Waals surface area contributed by atoms with Crippen LogP contribution in [0.1, 0.15) is 36.5 Å². The molecule has 2 rings (SSSR count). The fourth-order valence-electron chi connectivity index (χ4n) is 2.54. The number of aryl methyl sites for hydroxylation is 1. The third-order valence-corrected chi connectivity index (χ3v) is 3.70. The lowest BCUT2D eigenvalue weighted by Gasteiger charge is -2.24. The van der Waals surface area contributed by atoms with Crippen molar-refractivity contribution in [3.05, 3.63) is 29.3 Å². The molecule has 0 saturated carbocycles. The molecule has 100 valence electrons. The summed E-state index contributed by atoms with van der Waals surface area (Å²) in [5.41, 5.74) is 2.06. The maximum Gasteiger partial charge on any atom is 0.121 e. The van der Waals surface area contributed by atoms with Crippen molar-refractivity contribution >= 4 is 0 Å². The Bertz CT molecular complexity index is 383. The van der Waals surface area contributed by atoms with Gasteiger partial charge in [-0.2, -0.15) is 0 Å². The Morgan fingerprint density at radius 2 is 2.11 bits per heavy atom. The second-order valence-electron chi connectivity index (χ2n) is 5.04. The minimum absolute atomic E-state index is 0.377. The number of ether oxygens (including phenoxy) is 2. The molecule has 3 nitrogen and oxygen atoms in total. The molecular formula is C15H22O3. The molecule has 1 aromatic carbocycles. The molecule has 0 radical (unpaired) electrons. The van der Waals surface area contributed by atoms with Crippen molar-refractivity contribution in [2.75, 3.05) is 20.3 Å². The first-order chi connectivity index (χ1) is 8.70. The molecule has 1 atom stereocenters. The topological polar surface area (TPSA) is 38.7 Å².